The predicted octanol–water partition coefficient (Wildman–Crippen LogP) is 2.07. The van der Waals surface area contributed by atoms with Crippen LogP contribution in [0.2, 0.25) is 0 Å². The minimum Gasteiger partial charge on any atom is -0.496 e. The lowest BCUT2D eigenvalue weighted by Crippen LogP contribution is -2.21. The van der Waals surface area contributed by atoms with Crippen LogP contribution in [0.4, 0.5) is 0 Å². The van der Waals surface area contributed by atoms with Crippen LogP contribution >= 0.6 is 0 Å². The molecule has 1 saturated carbocycles. The fraction of sp³-hybridized carbons (Fsp3) is 0.533. The Bertz CT molecular complexity index is 468. The van der Waals surface area contributed by atoms with E-state index >= 15 is 0 Å². The van der Waals surface area contributed by atoms with Gasteiger partial charge in [-0.3, -0.25) is 0 Å². The third kappa shape index (κ3) is 3.63. The van der Waals surface area contributed by atoms with E-state index in [9.17, 15) is 0 Å². The van der Waals surface area contributed by atoms with Gasteiger partial charge >= 0.3 is 0 Å². The molecule has 0 amide bonds. The van der Waals surface area contributed by atoms with Crippen molar-refractivity contribution in [3.63, 3.8) is 0 Å². The molecule has 20 heavy (non-hydrogen) atoms. The number of nitrogens with one attached hydrogen (secondary N) is 1. The molecule has 5 heteroatoms. The van der Waals surface area contributed by atoms with Crippen molar-refractivity contribution < 1.29 is 9.94 Å². The fourth-order valence-electron chi connectivity index (χ4n) is 2.75. The first-order valence-electron chi connectivity index (χ1n) is 7.10. The Hall–Kier alpha value is -1.75. The van der Waals surface area contributed by atoms with Gasteiger partial charge < -0.3 is 21.0 Å². The number of nitrogens with zero attached hydrogens (tertiary/aromatic N) is 1. The molecule has 0 spiro atoms. The number of ether oxygens (including phenoxy) is 1. The van der Waals surface area contributed by atoms with E-state index in [-0.39, 0.29) is 5.84 Å². The number of amidine groups is 1. The molecule has 0 bridgehead atoms. The van der Waals surface area contributed by atoms with Gasteiger partial charge in [-0.1, -0.05) is 24.1 Å². The van der Waals surface area contributed by atoms with Crippen LogP contribution in [-0.4, -0.2) is 24.7 Å². The second-order valence-electron chi connectivity index (χ2n) is 5.30. The first kappa shape index (κ1) is 14.7. The van der Waals surface area contributed by atoms with Crippen LogP contribution in [-0.2, 0) is 6.54 Å². The summed E-state index contributed by atoms with van der Waals surface area (Å²) in [6.07, 6.45) is 5.43. The van der Waals surface area contributed by atoms with Gasteiger partial charge in [-0.2, -0.15) is 0 Å². The summed E-state index contributed by atoms with van der Waals surface area (Å²) in [6.45, 7) is 1.88. The van der Waals surface area contributed by atoms with E-state index in [1.54, 1.807) is 7.11 Å². The number of hydrogen-bond acceptors (Lipinski definition) is 4. The monoisotopic (exact) mass is 277 g/mol. The van der Waals surface area contributed by atoms with E-state index in [1.807, 2.05) is 18.2 Å². The van der Waals surface area contributed by atoms with Crippen molar-refractivity contribution >= 4 is 5.84 Å². The van der Waals surface area contributed by atoms with E-state index < -0.39 is 0 Å². The lowest BCUT2D eigenvalue weighted by Gasteiger charge is -2.12. The highest BCUT2D eigenvalue weighted by Crippen LogP contribution is 2.24. The SMILES string of the molecule is COc1cc(CNCC2CCCC2)ccc1/C(N)=N/O. The predicted molar refractivity (Wildman–Crippen MR) is 79.2 cm³/mol. The molecule has 1 aliphatic carbocycles. The van der Waals surface area contributed by atoms with Crippen LogP contribution in [0.25, 0.3) is 0 Å². The topological polar surface area (TPSA) is 79.9 Å². The maximum Gasteiger partial charge on any atom is 0.173 e. The van der Waals surface area contributed by atoms with Crippen LogP contribution < -0.4 is 15.8 Å². The number of rotatable bonds is 6. The Morgan fingerprint density at radius 3 is 2.85 bits per heavy atom. The van der Waals surface area contributed by atoms with Crippen molar-refractivity contribution in [2.75, 3.05) is 13.7 Å². The van der Waals surface area contributed by atoms with Crippen molar-refractivity contribution in [2.24, 2.45) is 16.8 Å². The smallest absolute Gasteiger partial charge is 0.173 e. The zero-order valence-corrected chi connectivity index (χ0v) is 11.9. The molecule has 0 unspecified atom stereocenters. The maximum absolute atomic E-state index is 8.74. The van der Waals surface area contributed by atoms with Gasteiger partial charge in [-0.15, -0.1) is 0 Å². The summed E-state index contributed by atoms with van der Waals surface area (Å²) in [7, 11) is 1.58. The first-order valence-corrected chi connectivity index (χ1v) is 7.10. The van der Waals surface area contributed by atoms with Crippen molar-refractivity contribution in [2.45, 2.75) is 32.2 Å². The van der Waals surface area contributed by atoms with E-state index in [2.05, 4.69) is 10.5 Å². The molecule has 0 saturated heterocycles. The maximum atomic E-state index is 8.74. The number of methoxy groups -OCH3 is 1. The van der Waals surface area contributed by atoms with Gasteiger partial charge in [0.1, 0.15) is 5.75 Å². The molecule has 1 aliphatic rings. The van der Waals surface area contributed by atoms with Crippen molar-refractivity contribution in [1.82, 2.24) is 5.32 Å². The Balaban J connectivity index is 1.94. The van der Waals surface area contributed by atoms with Gasteiger partial charge in [0.15, 0.2) is 5.84 Å². The number of oxime groups is 1. The lowest BCUT2D eigenvalue weighted by molar-refractivity contribution is 0.318. The quantitative estimate of drug-likeness (QED) is 0.322. The molecule has 1 aromatic carbocycles. The Morgan fingerprint density at radius 2 is 2.20 bits per heavy atom. The third-order valence-corrected chi connectivity index (χ3v) is 3.89. The zero-order chi connectivity index (χ0) is 14.4. The van der Waals surface area contributed by atoms with Crippen molar-refractivity contribution in [1.29, 1.82) is 0 Å². The van der Waals surface area contributed by atoms with E-state index in [1.165, 1.54) is 25.7 Å². The Labute approximate surface area is 119 Å². The van der Waals surface area contributed by atoms with Gasteiger partial charge in [0, 0.05) is 6.54 Å². The minimum atomic E-state index is 0.0623. The van der Waals surface area contributed by atoms with Gasteiger partial charge in [0.05, 0.1) is 12.7 Å². The Kier molecular flexibility index (Phi) is 5.24. The van der Waals surface area contributed by atoms with Gasteiger partial charge in [0.25, 0.3) is 0 Å². The van der Waals surface area contributed by atoms with Gasteiger partial charge in [0.2, 0.25) is 0 Å². The molecule has 5 nitrogen and oxygen atoms in total. The summed E-state index contributed by atoms with van der Waals surface area (Å²) in [5, 5.41) is 15.2. The van der Waals surface area contributed by atoms with Gasteiger partial charge in [-0.25, -0.2) is 0 Å². The van der Waals surface area contributed by atoms with Crippen LogP contribution in [0.1, 0.15) is 36.8 Å². The molecule has 4 N–H and O–H groups in total. The van der Waals surface area contributed by atoms with E-state index in [4.69, 9.17) is 15.7 Å². The number of nitrogens with two attached hydrogens (primary N) is 1. The van der Waals surface area contributed by atoms with Crippen LogP contribution in [0.3, 0.4) is 0 Å². The third-order valence-electron chi connectivity index (χ3n) is 3.89. The lowest BCUT2D eigenvalue weighted by atomic mass is 10.1. The van der Waals surface area contributed by atoms with E-state index in [0.29, 0.717) is 11.3 Å². The molecule has 0 heterocycles. The molecule has 110 valence electrons. The van der Waals surface area contributed by atoms with E-state index in [0.717, 1.165) is 24.6 Å². The second-order valence-corrected chi connectivity index (χ2v) is 5.30. The molecule has 0 radical (unpaired) electrons. The van der Waals surface area contributed by atoms with Gasteiger partial charge in [-0.05, 0) is 43.0 Å². The summed E-state index contributed by atoms with van der Waals surface area (Å²) < 4.78 is 5.29. The average Bonchev–Trinajstić information content (AvgIpc) is 2.99. The standard InChI is InChI=1S/C15H23N3O2/c1-20-14-8-12(6-7-13(14)15(16)18-19)10-17-9-11-4-2-3-5-11/h6-8,11,17,19H,2-5,9-10H2,1H3,(H2,16,18). The molecular weight excluding hydrogens is 254 g/mol. The summed E-state index contributed by atoms with van der Waals surface area (Å²) in [5.74, 6) is 1.51. The number of hydrogen-bond donors (Lipinski definition) is 3. The first-order chi connectivity index (χ1) is 9.74. The van der Waals surface area contributed by atoms with Crippen LogP contribution in [0, 0.1) is 5.92 Å². The average molecular weight is 277 g/mol. The summed E-state index contributed by atoms with van der Waals surface area (Å²) in [6, 6.07) is 5.72. The molecular formula is C15H23N3O2. The highest BCUT2D eigenvalue weighted by Gasteiger charge is 2.14. The molecule has 0 aliphatic heterocycles. The Morgan fingerprint density at radius 1 is 1.45 bits per heavy atom. The number of benzene rings is 1. The second kappa shape index (κ2) is 7.14. The van der Waals surface area contributed by atoms with Crippen molar-refractivity contribution in [3.8, 4) is 5.75 Å². The summed E-state index contributed by atoms with van der Waals surface area (Å²) in [5.41, 5.74) is 7.35. The highest BCUT2D eigenvalue weighted by molar-refractivity contribution is 5.99. The van der Waals surface area contributed by atoms with Crippen LogP contribution in [0.5, 0.6) is 5.75 Å². The summed E-state index contributed by atoms with van der Waals surface area (Å²) in [4.78, 5) is 0. The fourth-order valence-corrected chi connectivity index (χ4v) is 2.75. The normalized spacial score (nSPS) is 16.6. The van der Waals surface area contributed by atoms with Crippen LogP contribution in [0.15, 0.2) is 23.4 Å². The molecule has 0 aromatic heterocycles. The molecule has 2 rings (SSSR count). The van der Waals surface area contributed by atoms with Crippen molar-refractivity contribution in [3.05, 3.63) is 29.3 Å². The molecule has 1 fully saturated rings. The highest BCUT2D eigenvalue weighted by atomic mass is 16.5. The minimum absolute atomic E-state index is 0.0623. The molecule has 0 atom stereocenters. The largest absolute Gasteiger partial charge is 0.496 e. The molecule has 1 aromatic rings. The zero-order valence-electron chi connectivity index (χ0n) is 11.9. The summed E-state index contributed by atoms with van der Waals surface area (Å²) >= 11 is 0.